The van der Waals surface area contributed by atoms with E-state index in [1.807, 2.05) is 17.0 Å². The van der Waals surface area contributed by atoms with Gasteiger partial charge in [-0.25, -0.2) is 9.97 Å². The van der Waals surface area contributed by atoms with E-state index in [-0.39, 0.29) is 11.7 Å². The summed E-state index contributed by atoms with van der Waals surface area (Å²) in [7, 11) is -0.542. The first kappa shape index (κ1) is 28.7. The third-order valence-corrected chi connectivity index (χ3v) is 10.1. The Hall–Kier alpha value is -2.80. The molecular formula is C28H42N8O3S. The molecule has 11 nitrogen and oxygen atoms in total. The molecule has 2 aromatic rings. The van der Waals surface area contributed by atoms with Crippen LogP contribution in [0.1, 0.15) is 73.3 Å². The van der Waals surface area contributed by atoms with E-state index in [9.17, 15) is 13.2 Å². The number of aromatic nitrogens is 2. The largest absolute Gasteiger partial charge is 0.364 e. The molecule has 4 N–H and O–H groups in total. The van der Waals surface area contributed by atoms with Gasteiger partial charge in [0.15, 0.2) is 11.5 Å². The molecule has 1 aliphatic carbocycles. The molecule has 40 heavy (non-hydrogen) atoms. The van der Waals surface area contributed by atoms with Gasteiger partial charge in [0.05, 0.1) is 6.20 Å². The molecule has 1 aromatic heterocycles. The highest BCUT2D eigenvalue weighted by atomic mass is 32.2. The lowest BCUT2D eigenvalue weighted by Crippen LogP contribution is -2.50. The van der Waals surface area contributed by atoms with Crippen molar-refractivity contribution < 1.29 is 13.2 Å². The Labute approximate surface area is 237 Å². The second-order valence-corrected chi connectivity index (χ2v) is 13.4. The first-order valence-electron chi connectivity index (χ1n) is 14.4. The van der Waals surface area contributed by atoms with Crippen LogP contribution in [-0.4, -0.2) is 85.9 Å². The van der Waals surface area contributed by atoms with Crippen LogP contribution in [0, 0.1) is 0 Å². The molecule has 1 amide bonds. The molecule has 2 saturated heterocycles. The molecule has 218 valence electrons. The number of benzene rings is 1. The molecule has 1 atom stereocenters. The fourth-order valence-electron chi connectivity index (χ4n) is 6.24. The number of carbonyl (C=O) groups excluding carboxylic acids is 1. The van der Waals surface area contributed by atoms with Gasteiger partial charge in [-0.2, -0.15) is 17.4 Å². The van der Waals surface area contributed by atoms with E-state index in [1.165, 1.54) is 81.8 Å². The van der Waals surface area contributed by atoms with Crippen LogP contribution in [0.25, 0.3) is 0 Å². The summed E-state index contributed by atoms with van der Waals surface area (Å²) in [6, 6.07) is 8.89. The molecule has 3 fully saturated rings. The summed E-state index contributed by atoms with van der Waals surface area (Å²) >= 11 is 0. The number of rotatable bonds is 9. The highest BCUT2D eigenvalue weighted by Crippen LogP contribution is 2.33. The monoisotopic (exact) mass is 570 g/mol. The van der Waals surface area contributed by atoms with Crippen LogP contribution < -0.4 is 20.7 Å². The predicted molar refractivity (Wildman–Crippen MR) is 157 cm³/mol. The number of hydrogen-bond donors (Lipinski definition) is 3. The standard InChI is InChI=1S/C28H42N8O3S/c1-34(2)40(38,39)33-23-6-5-15-36(19-23)25-18-30-26(27(29)37)28(32-25)31-22-11-9-20(10-12-22)21-13-16-35(17-14-21)24-7-3-4-8-24/h9-12,18,21,23-24,33H,3-8,13-17,19H2,1-2H3,(H2,29,37)(H,31,32). The van der Waals surface area contributed by atoms with Crippen molar-refractivity contribution in [2.24, 2.45) is 5.73 Å². The quantitative estimate of drug-likeness (QED) is 0.419. The molecular weight excluding hydrogens is 528 g/mol. The number of piperidine rings is 2. The molecule has 12 heteroatoms. The number of amides is 1. The van der Waals surface area contributed by atoms with Gasteiger partial charge < -0.3 is 20.9 Å². The maximum Gasteiger partial charge on any atom is 0.279 e. The molecule has 5 rings (SSSR count). The zero-order chi connectivity index (χ0) is 28.3. The van der Waals surface area contributed by atoms with E-state index in [2.05, 4.69) is 32.1 Å². The maximum atomic E-state index is 12.3. The summed E-state index contributed by atoms with van der Waals surface area (Å²) in [6.07, 6.45) is 10.9. The van der Waals surface area contributed by atoms with Gasteiger partial charge in [-0.15, -0.1) is 0 Å². The second-order valence-electron chi connectivity index (χ2n) is 11.5. The van der Waals surface area contributed by atoms with Crippen molar-refractivity contribution in [3.63, 3.8) is 0 Å². The lowest BCUT2D eigenvalue weighted by Gasteiger charge is -2.36. The lowest BCUT2D eigenvalue weighted by molar-refractivity contribution is 0.0996. The number of nitrogens with two attached hydrogens (primary N) is 1. The van der Waals surface area contributed by atoms with Crippen molar-refractivity contribution >= 4 is 33.4 Å². The van der Waals surface area contributed by atoms with Crippen molar-refractivity contribution in [2.75, 3.05) is 50.5 Å². The number of likely N-dealkylation sites (tertiary alicyclic amines) is 1. The van der Waals surface area contributed by atoms with Gasteiger partial charge in [-0.05, 0) is 75.2 Å². The fourth-order valence-corrected chi connectivity index (χ4v) is 7.06. The van der Waals surface area contributed by atoms with Crippen LogP contribution >= 0.6 is 0 Å². The average Bonchev–Trinajstić information content (AvgIpc) is 3.49. The SMILES string of the molecule is CN(C)S(=O)(=O)NC1CCCN(c2cnc(C(N)=O)c(Nc3ccc(C4CCN(C5CCCC5)CC4)cc3)n2)C1. The van der Waals surface area contributed by atoms with Crippen LogP contribution in [0.3, 0.4) is 0 Å². The molecule has 0 spiro atoms. The predicted octanol–water partition coefficient (Wildman–Crippen LogP) is 2.81. The van der Waals surface area contributed by atoms with Crippen molar-refractivity contribution in [3.8, 4) is 0 Å². The number of anilines is 3. The minimum atomic E-state index is -3.54. The van der Waals surface area contributed by atoms with Gasteiger partial charge in [0.1, 0.15) is 5.82 Å². The number of carbonyl (C=O) groups is 1. The summed E-state index contributed by atoms with van der Waals surface area (Å²) in [5.41, 5.74) is 7.82. The summed E-state index contributed by atoms with van der Waals surface area (Å²) in [5.74, 6) is 0.751. The first-order chi connectivity index (χ1) is 19.2. The summed E-state index contributed by atoms with van der Waals surface area (Å²) in [6.45, 7) is 3.51. The number of hydrogen-bond acceptors (Lipinski definition) is 8. The Bertz CT molecular complexity index is 1270. The Kier molecular flexibility index (Phi) is 8.89. The van der Waals surface area contributed by atoms with Crippen molar-refractivity contribution in [1.29, 1.82) is 0 Å². The lowest BCUT2D eigenvalue weighted by atomic mass is 9.88. The average molecular weight is 571 g/mol. The Balaban J connectivity index is 1.25. The smallest absolute Gasteiger partial charge is 0.279 e. The van der Waals surface area contributed by atoms with Crippen LogP contribution in [0.15, 0.2) is 30.5 Å². The number of nitrogens with zero attached hydrogens (tertiary/aromatic N) is 5. The Morgan fingerprint density at radius 2 is 1.70 bits per heavy atom. The van der Waals surface area contributed by atoms with Gasteiger partial charge in [0.25, 0.3) is 16.1 Å². The summed E-state index contributed by atoms with van der Waals surface area (Å²) in [4.78, 5) is 25.8. The molecule has 3 aliphatic rings. The normalized spacial score (nSPS) is 21.7. The highest BCUT2D eigenvalue weighted by molar-refractivity contribution is 7.87. The third kappa shape index (κ3) is 6.73. The first-order valence-corrected chi connectivity index (χ1v) is 15.9. The van der Waals surface area contributed by atoms with Crippen LogP contribution in [-0.2, 0) is 10.2 Å². The van der Waals surface area contributed by atoms with E-state index in [1.54, 1.807) is 0 Å². The Morgan fingerprint density at radius 1 is 1.00 bits per heavy atom. The van der Waals surface area contributed by atoms with Crippen molar-refractivity contribution in [1.82, 2.24) is 23.9 Å². The fraction of sp³-hybridized carbons (Fsp3) is 0.607. The Morgan fingerprint density at radius 3 is 2.35 bits per heavy atom. The number of nitrogens with one attached hydrogen (secondary N) is 2. The molecule has 1 unspecified atom stereocenters. The zero-order valence-corrected chi connectivity index (χ0v) is 24.4. The molecule has 0 radical (unpaired) electrons. The van der Waals surface area contributed by atoms with Gasteiger partial charge >= 0.3 is 0 Å². The van der Waals surface area contributed by atoms with Crippen LogP contribution in [0.5, 0.6) is 0 Å². The van der Waals surface area contributed by atoms with Gasteiger partial charge in [-0.1, -0.05) is 25.0 Å². The molecule has 2 aliphatic heterocycles. The highest BCUT2D eigenvalue weighted by Gasteiger charge is 2.29. The summed E-state index contributed by atoms with van der Waals surface area (Å²) in [5, 5.41) is 3.24. The van der Waals surface area contributed by atoms with Gasteiger partial charge in [-0.3, -0.25) is 4.79 Å². The van der Waals surface area contributed by atoms with E-state index >= 15 is 0 Å². The number of primary amides is 1. The van der Waals surface area contributed by atoms with Crippen LogP contribution in [0.2, 0.25) is 0 Å². The van der Waals surface area contributed by atoms with Crippen LogP contribution in [0.4, 0.5) is 17.3 Å². The minimum absolute atomic E-state index is 0.0639. The van der Waals surface area contributed by atoms with Crippen molar-refractivity contribution in [3.05, 3.63) is 41.7 Å². The molecule has 1 saturated carbocycles. The van der Waals surface area contributed by atoms with E-state index < -0.39 is 16.1 Å². The maximum absolute atomic E-state index is 12.3. The van der Waals surface area contributed by atoms with Gasteiger partial charge in [0.2, 0.25) is 0 Å². The minimum Gasteiger partial charge on any atom is -0.364 e. The van der Waals surface area contributed by atoms with E-state index in [4.69, 9.17) is 10.7 Å². The topological polar surface area (TPSA) is 137 Å². The van der Waals surface area contributed by atoms with Crippen molar-refractivity contribution in [2.45, 2.75) is 69.4 Å². The molecule has 3 heterocycles. The summed E-state index contributed by atoms with van der Waals surface area (Å²) < 4.78 is 28.5. The second kappa shape index (κ2) is 12.4. The third-order valence-electron chi connectivity index (χ3n) is 8.55. The van der Waals surface area contributed by atoms with E-state index in [0.29, 0.717) is 30.6 Å². The molecule has 1 aromatic carbocycles. The molecule has 0 bridgehead atoms. The zero-order valence-electron chi connectivity index (χ0n) is 23.6. The van der Waals surface area contributed by atoms with E-state index in [0.717, 1.165) is 24.6 Å². The van der Waals surface area contributed by atoms with Gasteiger partial charge in [0, 0.05) is 45.0 Å².